The molecule has 0 aliphatic carbocycles. The summed E-state index contributed by atoms with van der Waals surface area (Å²) in [7, 11) is 0. The third-order valence-electron chi connectivity index (χ3n) is 1.96. The van der Waals surface area contributed by atoms with Crippen LogP contribution in [0.2, 0.25) is 0 Å². The first-order valence-electron chi connectivity index (χ1n) is 5.47. The van der Waals surface area contributed by atoms with Crippen molar-refractivity contribution in [1.82, 2.24) is 0 Å². The quantitative estimate of drug-likeness (QED) is 0.384. The predicted molar refractivity (Wildman–Crippen MR) is 61.8 cm³/mol. The highest BCUT2D eigenvalue weighted by molar-refractivity contribution is 5.81. The van der Waals surface area contributed by atoms with Gasteiger partial charge in [-0.25, -0.2) is 9.59 Å². The van der Waals surface area contributed by atoms with Crippen LogP contribution in [0.15, 0.2) is 25.3 Å². The Labute approximate surface area is 105 Å². The van der Waals surface area contributed by atoms with Crippen LogP contribution in [-0.4, -0.2) is 50.6 Å². The minimum atomic E-state index is -0.384. The second-order valence-corrected chi connectivity index (χ2v) is 3.58. The van der Waals surface area contributed by atoms with Gasteiger partial charge in [0.2, 0.25) is 0 Å². The molecule has 0 saturated carbocycles. The third-order valence-corrected chi connectivity index (χ3v) is 1.96. The first kappa shape index (κ1) is 14.4. The molecule has 2 aliphatic heterocycles. The second kappa shape index (κ2) is 7.62. The minimum absolute atomic E-state index is 0.147. The van der Waals surface area contributed by atoms with E-state index in [9.17, 15) is 9.59 Å². The average Bonchev–Trinajstić information content (AvgIpc) is 3.27. The van der Waals surface area contributed by atoms with Crippen molar-refractivity contribution in [1.29, 1.82) is 0 Å². The van der Waals surface area contributed by atoms with Crippen LogP contribution in [0.4, 0.5) is 0 Å². The Bertz CT molecular complexity index is 285. The smallest absolute Gasteiger partial charge is 0.330 e. The van der Waals surface area contributed by atoms with E-state index < -0.39 is 0 Å². The van der Waals surface area contributed by atoms with Gasteiger partial charge >= 0.3 is 11.9 Å². The highest BCUT2D eigenvalue weighted by atomic mass is 16.6. The molecule has 2 unspecified atom stereocenters. The summed E-state index contributed by atoms with van der Waals surface area (Å²) in [5.41, 5.74) is 0. The molecule has 2 heterocycles. The van der Waals surface area contributed by atoms with Crippen molar-refractivity contribution in [2.24, 2.45) is 0 Å². The fourth-order valence-electron chi connectivity index (χ4n) is 0.797. The molecule has 6 heteroatoms. The van der Waals surface area contributed by atoms with Crippen LogP contribution in [0.5, 0.6) is 0 Å². The summed E-state index contributed by atoms with van der Waals surface area (Å²) in [6.07, 6.45) is 2.58. The molecule has 2 atom stereocenters. The monoisotopic (exact) mass is 256 g/mol. The summed E-state index contributed by atoms with van der Waals surface area (Å²) in [6.45, 7) is 8.64. The van der Waals surface area contributed by atoms with Gasteiger partial charge < -0.3 is 18.9 Å². The summed E-state index contributed by atoms with van der Waals surface area (Å²) < 4.78 is 18.8. The number of hydrogen-bond donors (Lipinski definition) is 0. The molecule has 0 spiro atoms. The van der Waals surface area contributed by atoms with Gasteiger partial charge in [-0.1, -0.05) is 13.2 Å². The summed E-state index contributed by atoms with van der Waals surface area (Å²) in [6, 6.07) is 0. The molecule has 0 aromatic heterocycles. The highest BCUT2D eigenvalue weighted by Crippen LogP contribution is 2.08. The maximum atomic E-state index is 10.3. The van der Waals surface area contributed by atoms with Gasteiger partial charge in [0.25, 0.3) is 0 Å². The van der Waals surface area contributed by atoms with Gasteiger partial charge in [-0.05, 0) is 0 Å². The molecular formula is C12H16O6. The molecule has 6 nitrogen and oxygen atoms in total. The van der Waals surface area contributed by atoms with E-state index in [0.29, 0.717) is 26.4 Å². The third kappa shape index (κ3) is 7.59. The first-order chi connectivity index (χ1) is 8.65. The molecule has 2 aliphatic rings. The van der Waals surface area contributed by atoms with Gasteiger partial charge in [0.15, 0.2) is 0 Å². The molecule has 0 aromatic carbocycles. The van der Waals surface area contributed by atoms with Crippen molar-refractivity contribution >= 4 is 11.9 Å². The summed E-state index contributed by atoms with van der Waals surface area (Å²) in [4.78, 5) is 20.7. The fraction of sp³-hybridized carbons (Fsp3) is 0.500. The lowest BCUT2D eigenvalue weighted by atomic mass is 10.5. The van der Waals surface area contributed by atoms with Gasteiger partial charge in [0.1, 0.15) is 25.4 Å². The van der Waals surface area contributed by atoms with Gasteiger partial charge in [-0.15, -0.1) is 0 Å². The SMILES string of the molecule is C=CC(=O)OCC1CO1.C=CC(=O)OCC1CO1. The molecule has 2 saturated heterocycles. The Morgan fingerprint density at radius 2 is 1.33 bits per heavy atom. The molecule has 2 fully saturated rings. The number of carbonyl (C=O) groups is 2. The lowest BCUT2D eigenvalue weighted by Crippen LogP contribution is -2.06. The van der Waals surface area contributed by atoms with E-state index in [0.717, 1.165) is 12.2 Å². The molecule has 0 aromatic rings. The van der Waals surface area contributed by atoms with E-state index in [4.69, 9.17) is 9.47 Å². The van der Waals surface area contributed by atoms with Crippen molar-refractivity contribution < 1.29 is 28.5 Å². The number of esters is 2. The van der Waals surface area contributed by atoms with Crippen LogP contribution in [0.25, 0.3) is 0 Å². The van der Waals surface area contributed by atoms with E-state index in [-0.39, 0.29) is 24.1 Å². The number of hydrogen-bond acceptors (Lipinski definition) is 6. The highest BCUT2D eigenvalue weighted by Gasteiger charge is 2.24. The molecule has 100 valence electrons. The normalized spacial score (nSPS) is 22.9. The van der Waals surface area contributed by atoms with Gasteiger partial charge in [0, 0.05) is 12.2 Å². The lowest BCUT2D eigenvalue weighted by molar-refractivity contribution is -0.139. The maximum Gasteiger partial charge on any atom is 0.330 e. The van der Waals surface area contributed by atoms with Crippen LogP contribution < -0.4 is 0 Å². The number of ether oxygens (including phenoxy) is 4. The van der Waals surface area contributed by atoms with Crippen LogP contribution in [-0.2, 0) is 28.5 Å². The summed E-state index contributed by atoms with van der Waals surface area (Å²) in [5, 5.41) is 0. The van der Waals surface area contributed by atoms with Crippen molar-refractivity contribution in [2.45, 2.75) is 12.2 Å². The predicted octanol–water partition coefficient (Wildman–Crippen LogP) is 0.229. The molecule has 2 rings (SSSR count). The van der Waals surface area contributed by atoms with Crippen LogP contribution in [0.1, 0.15) is 0 Å². The molecule has 0 radical (unpaired) electrons. The number of carbonyl (C=O) groups excluding carboxylic acids is 2. The van der Waals surface area contributed by atoms with Crippen LogP contribution >= 0.6 is 0 Å². The lowest BCUT2D eigenvalue weighted by Gasteiger charge is -1.94. The second-order valence-electron chi connectivity index (χ2n) is 3.58. The number of rotatable bonds is 6. The molecule has 0 N–H and O–H groups in total. The zero-order chi connectivity index (χ0) is 13.4. The summed E-state index contributed by atoms with van der Waals surface area (Å²) >= 11 is 0. The van der Waals surface area contributed by atoms with Crippen molar-refractivity contribution in [3.8, 4) is 0 Å². The van der Waals surface area contributed by atoms with Gasteiger partial charge in [-0.2, -0.15) is 0 Å². The average molecular weight is 256 g/mol. The molecule has 0 bridgehead atoms. The van der Waals surface area contributed by atoms with Crippen molar-refractivity contribution in [3.63, 3.8) is 0 Å². The van der Waals surface area contributed by atoms with E-state index in [1.165, 1.54) is 0 Å². The first-order valence-corrected chi connectivity index (χ1v) is 5.47. The van der Waals surface area contributed by atoms with E-state index in [1.54, 1.807) is 0 Å². The molecule has 18 heavy (non-hydrogen) atoms. The molecule has 0 amide bonds. The van der Waals surface area contributed by atoms with E-state index >= 15 is 0 Å². The van der Waals surface area contributed by atoms with Crippen molar-refractivity contribution in [3.05, 3.63) is 25.3 Å². The largest absolute Gasteiger partial charge is 0.460 e. The Morgan fingerprint density at radius 3 is 1.56 bits per heavy atom. The Hall–Kier alpha value is -1.66. The molecular weight excluding hydrogens is 240 g/mol. The Morgan fingerprint density at radius 1 is 1.00 bits per heavy atom. The van der Waals surface area contributed by atoms with Gasteiger partial charge in [0.05, 0.1) is 13.2 Å². The van der Waals surface area contributed by atoms with Crippen molar-refractivity contribution in [2.75, 3.05) is 26.4 Å². The maximum absolute atomic E-state index is 10.3. The fourth-order valence-corrected chi connectivity index (χ4v) is 0.797. The summed E-state index contributed by atoms with van der Waals surface area (Å²) in [5.74, 6) is -0.768. The van der Waals surface area contributed by atoms with Crippen LogP contribution in [0.3, 0.4) is 0 Å². The van der Waals surface area contributed by atoms with Crippen LogP contribution in [0, 0.1) is 0 Å². The Balaban J connectivity index is 0.000000180. The van der Waals surface area contributed by atoms with E-state index in [1.807, 2.05) is 0 Å². The van der Waals surface area contributed by atoms with Gasteiger partial charge in [-0.3, -0.25) is 0 Å². The zero-order valence-corrected chi connectivity index (χ0v) is 10.0. The minimum Gasteiger partial charge on any atom is -0.460 e. The number of epoxide rings is 2. The Kier molecular flexibility index (Phi) is 6.10. The standard InChI is InChI=1S/2C6H8O3/c2*1-2-6(7)9-4-5-3-8-5/h2*2,5H,1,3-4H2. The van der Waals surface area contributed by atoms with E-state index in [2.05, 4.69) is 22.6 Å². The topological polar surface area (TPSA) is 77.7 Å². The zero-order valence-electron chi connectivity index (χ0n) is 10.0.